The highest BCUT2D eigenvalue weighted by atomic mass is 16.5. The van der Waals surface area contributed by atoms with Gasteiger partial charge >= 0.3 is 5.97 Å². The van der Waals surface area contributed by atoms with Crippen molar-refractivity contribution in [2.24, 2.45) is 5.92 Å². The highest BCUT2D eigenvalue weighted by Gasteiger charge is 2.35. The van der Waals surface area contributed by atoms with Crippen LogP contribution in [0.3, 0.4) is 0 Å². The number of hydrogen-bond donors (Lipinski definition) is 0. The summed E-state index contributed by atoms with van der Waals surface area (Å²) in [5.74, 6) is 0.0538. The van der Waals surface area contributed by atoms with Gasteiger partial charge in [-0.15, -0.1) is 6.58 Å². The molecule has 0 saturated carbocycles. The Kier molecular flexibility index (Phi) is 3.87. The van der Waals surface area contributed by atoms with E-state index in [1.54, 1.807) is 6.08 Å². The second-order valence-corrected chi connectivity index (χ2v) is 4.81. The van der Waals surface area contributed by atoms with Gasteiger partial charge in [-0.2, -0.15) is 0 Å². The lowest BCUT2D eigenvalue weighted by Crippen LogP contribution is -2.31. The molecule has 0 unspecified atom stereocenters. The molecule has 2 aliphatic heterocycles. The van der Waals surface area contributed by atoms with Crippen molar-refractivity contribution >= 4 is 5.97 Å². The first-order valence-electron chi connectivity index (χ1n) is 6.56. The van der Waals surface area contributed by atoms with Crippen molar-refractivity contribution in [1.82, 2.24) is 4.90 Å². The minimum absolute atomic E-state index is 0.0990. The van der Waals surface area contributed by atoms with Gasteiger partial charge in [-0.05, 0) is 19.3 Å². The molecule has 2 rings (SSSR count). The van der Waals surface area contributed by atoms with Gasteiger partial charge < -0.3 is 9.64 Å². The van der Waals surface area contributed by atoms with Crippen molar-refractivity contribution in [2.75, 3.05) is 13.1 Å². The molecule has 94 valence electrons. The zero-order valence-electron chi connectivity index (χ0n) is 10.5. The Morgan fingerprint density at radius 3 is 2.88 bits per heavy atom. The number of cyclic esters (lactones) is 1. The van der Waals surface area contributed by atoms with Crippen molar-refractivity contribution in [1.29, 1.82) is 0 Å². The Morgan fingerprint density at radius 1 is 1.59 bits per heavy atom. The predicted molar refractivity (Wildman–Crippen MR) is 67.4 cm³/mol. The number of carbonyl (C=O) groups is 1. The van der Waals surface area contributed by atoms with Crippen molar-refractivity contribution in [3.05, 3.63) is 24.4 Å². The number of nitrogens with zero attached hydrogens (tertiary/aromatic N) is 1. The first-order valence-corrected chi connectivity index (χ1v) is 6.56. The average Bonchev–Trinajstić information content (AvgIpc) is 2.94. The maximum absolute atomic E-state index is 11.5. The standard InChI is InChI=1S/C14H21NO2/c1-3-7-11(4-2)14-12(10-13(16)17-14)15-8-5-6-9-15/h4,10-11,14H,2-3,5-9H2,1H3/t11-,14+/m0/s1. The van der Waals surface area contributed by atoms with Crippen LogP contribution in [0.2, 0.25) is 0 Å². The largest absolute Gasteiger partial charge is 0.452 e. The van der Waals surface area contributed by atoms with Gasteiger partial charge in [0, 0.05) is 25.1 Å². The third-order valence-electron chi connectivity index (χ3n) is 3.59. The van der Waals surface area contributed by atoms with Crippen LogP contribution in [0.15, 0.2) is 24.4 Å². The number of likely N-dealkylation sites (tertiary alicyclic amines) is 1. The second kappa shape index (κ2) is 5.39. The summed E-state index contributed by atoms with van der Waals surface area (Å²) < 4.78 is 5.45. The molecular formula is C14H21NO2. The van der Waals surface area contributed by atoms with Crippen LogP contribution in [0.5, 0.6) is 0 Å². The lowest BCUT2D eigenvalue weighted by molar-refractivity contribution is -0.140. The van der Waals surface area contributed by atoms with Crippen molar-refractivity contribution in [3.63, 3.8) is 0 Å². The van der Waals surface area contributed by atoms with Crippen LogP contribution in [0.1, 0.15) is 32.6 Å². The van der Waals surface area contributed by atoms with E-state index in [1.165, 1.54) is 12.8 Å². The van der Waals surface area contributed by atoms with Gasteiger partial charge in [0.25, 0.3) is 0 Å². The summed E-state index contributed by atoms with van der Waals surface area (Å²) in [6.07, 6.45) is 8.03. The Hall–Kier alpha value is -1.25. The molecule has 0 aromatic carbocycles. The molecule has 3 heteroatoms. The van der Waals surface area contributed by atoms with E-state index in [2.05, 4.69) is 18.4 Å². The third-order valence-corrected chi connectivity index (χ3v) is 3.59. The van der Waals surface area contributed by atoms with Gasteiger partial charge in [0.15, 0.2) is 0 Å². The molecule has 0 bridgehead atoms. The van der Waals surface area contributed by atoms with Crippen LogP contribution in [0.25, 0.3) is 0 Å². The minimum atomic E-state index is -0.195. The monoisotopic (exact) mass is 235 g/mol. The zero-order chi connectivity index (χ0) is 12.3. The number of rotatable bonds is 5. The molecule has 1 saturated heterocycles. The summed E-state index contributed by atoms with van der Waals surface area (Å²) >= 11 is 0. The average molecular weight is 235 g/mol. The van der Waals surface area contributed by atoms with Crippen LogP contribution >= 0.6 is 0 Å². The van der Waals surface area contributed by atoms with Crippen LogP contribution in [0, 0.1) is 5.92 Å². The molecule has 2 aliphatic rings. The molecule has 0 aromatic rings. The molecule has 0 N–H and O–H groups in total. The molecule has 17 heavy (non-hydrogen) atoms. The van der Waals surface area contributed by atoms with Gasteiger partial charge in [0.1, 0.15) is 6.10 Å². The summed E-state index contributed by atoms with van der Waals surface area (Å²) in [6, 6.07) is 0. The SMILES string of the molecule is C=C[C@@H](CCC)[C@H]1OC(=O)C=C1N1CCCC1. The predicted octanol–water partition coefficient (Wildman–Crippen LogP) is 2.49. The Bertz CT molecular complexity index is 329. The van der Waals surface area contributed by atoms with E-state index in [0.29, 0.717) is 0 Å². The summed E-state index contributed by atoms with van der Waals surface area (Å²) in [4.78, 5) is 13.8. The number of carbonyl (C=O) groups excluding carboxylic acids is 1. The normalized spacial score (nSPS) is 25.7. The smallest absolute Gasteiger partial charge is 0.333 e. The van der Waals surface area contributed by atoms with Crippen LogP contribution in [0.4, 0.5) is 0 Å². The van der Waals surface area contributed by atoms with Crippen molar-refractivity contribution in [3.8, 4) is 0 Å². The lowest BCUT2D eigenvalue weighted by atomic mass is 9.95. The fraction of sp³-hybridized carbons (Fsp3) is 0.643. The number of ether oxygens (including phenoxy) is 1. The van der Waals surface area contributed by atoms with Crippen LogP contribution in [-0.2, 0) is 9.53 Å². The lowest BCUT2D eigenvalue weighted by Gasteiger charge is -2.28. The molecule has 2 atom stereocenters. The summed E-state index contributed by atoms with van der Waals surface area (Å²) in [5.41, 5.74) is 1.07. The van der Waals surface area contributed by atoms with E-state index in [9.17, 15) is 4.79 Å². The van der Waals surface area contributed by atoms with E-state index in [-0.39, 0.29) is 18.0 Å². The molecule has 0 aromatic heterocycles. The Labute approximate surface area is 103 Å². The minimum Gasteiger partial charge on any atom is -0.452 e. The third kappa shape index (κ3) is 2.54. The van der Waals surface area contributed by atoms with E-state index < -0.39 is 0 Å². The molecule has 3 nitrogen and oxygen atoms in total. The van der Waals surface area contributed by atoms with Crippen molar-refractivity contribution < 1.29 is 9.53 Å². The molecule has 0 spiro atoms. The van der Waals surface area contributed by atoms with Crippen molar-refractivity contribution in [2.45, 2.75) is 38.7 Å². The first-order chi connectivity index (χ1) is 8.26. The first kappa shape index (κ1) is 12.2. The molecule has 1 fully saturated rings. The van der Waals surface area contributed by atoms with Gasteiger partial charge in [0.2, 0.25) is 0 Å². The molecule has 0 amide bonds. The van der Waals surface area contributed by atoms with Gasteiger partial charge in [-0.25, -0.2) is 4.79 Å². The van der Waals surface area contributed by atoms with E-state index in [1.807, 2.05) is 6.08 Å². The van der Waals surface area contributed by atoms with Crippen LogP contribution in [-0.4, -0.2) is 30.1 Å². The molecular weight excluding hydrogens is 214 g/mol. The maximum Gasteiger partial charge on any atom is 0.333 e. The quantitative estimate of drug-likeness (QED) is 0.541. The van der Waals surface area contributed by atoms with Gasteiger partial charge in [-0.1, -0.05) is 19.4 Å². The summed E-state index contributed by atoms with van der Waals surface area (Å²) in [7, 11) is 0. The highest BCUT2D eigenvalue weighted by Crippen LogP contribution is 2.31. The van der Waals surface area contributed by atoms with E-state index in [0.717, 1.165) is 31.6 Å². The van der Waals surface area contributed by atoms with Gasteiger partial charge in [0.05, 0.1) is 5.70 Å². The fourth-order valence-electron chi connectivity index (χ4n) is 2.70. The fourth-order valence-corrected chi connectivity index (χ4v) is 2.70. The molecule has 2 heterocycles. The highest BCUT2D eigenvalue weighted by molar-refractivity contribution is 5.85. The zero-order valence-corrected chi connectivity index (χ0v) is 10.5. The number of hydrogen-bond acceptors (Lipinski definition) is 3. The van der Waals surface area contributed by atoms with E-state index in [4.69, 9.17) is 4.74 Å². The van der Waals surface area contributed by atoms with Gasteiger partial charge in [-0.3, -0.25) is 0 Å². The second-order valence-electron chi connectivity index (χ2n) is 4.81. The Morgan fingerprint density at radius 2 is 2.29 bits per heavy atom. The topological polar surface area (TPSA) is 29.5 Å². The Balaban J connectivity index is 2.12. The summed E-state index contributed by atoms with van der Waals surface area (Å²) in [6.45, 7) is 8.12. The maximum atomic E-state index is 11.5. The summed E-state index contributed by atoms with van der Waals surface area (Å²) in [5, 5.41) is 0. The number of esters is 1. The van der Waals surface area contributed by atoms with E-state index >= 15 is 0 Å². The van der Waals surface area contributed by atoms with Crippen LogP contribution < -0.4 is 0 Å². The molecule has 0 radical (unpaired) electrons. The molecule has 0 aliphatic carbocycles.